The smallest absolute Gasteiger partial charge is 0.314 e. The Hall–Kier alpha value is -2.08. The second-order valence-corrected chi connectivity index (χ2v) is 6.99. The number of urea groups is 1. The molecule has 2 aromatic rings. The number of amides is 2. The Morgan fingerprint density at radius 2 is 2.17 bits per heavy atom. The lowest BCUT2D eigenvalue weighted by Gasteiger charge is -2.24. The van der Waals surface area contributed by atoms with E-state index in [0.29, 0.717) is 25.3 Å². The van der Waals surface area contributed by atoms with Crippen molar-refractivity contribution >= 4 is 11.7 Å². The second-order valence-electron chi connectivity index (χ2n) is 6.99. The first-order valence-electron chi connectivity index (χ1n) is 8.52. The molecule has 1 atom stereocenters. The molecule has 0 radical (unpaired) electrons. The molecular formula is C18H28N4O2. The number of carbonyl (C=O) groups excluding carboxylic acids is 1. The first-order valence-corrected chi connectivity index (χ1v) is 8.52. The number of imidazole rings is 1. The standard InChI is InChI=1S/C18H28N4O2/c1-14(2)7-9-18(3,24)13-20-17(23)19-10-8-15-12-22-11-5-4-6-16(22)21-15/h4-6,11-12,14,24H,7-10,13H2,1-3H3,(H2,19,20,23). The Bertz CT molecular complexity index is 631. The van der Waals surface area contributed by atoms with Crippen molar-refractivity contribution in [2.45, 2.75) is 45.6 Å². The third kappa shape index (κ3) is 5.85. The number of hydrogen-bond acceptors (Lipinski definition) is 3. The van der Waals surface area contributed by atoms with Crippen LogP contribution < -0.4 is 10.6 Å². The predicted molar refractivity (Wildman–Crippen MR) is 95.0 cm³/mol. The summed E-state index contributed by atoms with van der Waals surface area (Å²) in [4.78, 5) is 16.3. The summed E-state index contributed by atoms with van der Waals surface area (Å²) in [5.41, 5.74) is 0.965. The van der Waals surface area contributed by atoms with E-state index in [9.17, 15) is 9.90 Å². The molecule has 24 heavy (non-hydrogen) atoms. The maximum atomic E-state index is 11.8. The summed E-state index contributed by atoms with van der Waals surface area (Å²) < 4.78 is 1.96. The first kappa shape index (κ1) is 18.3. The minimum atomic E-state index is -0.872. The van der Waals surface area contributed by atoms with Crippen molar-refractivity contribution in [3.63, 3.8) is 0 Å². The van der Waals surface area contributed by atoms with Crippen LogP contribution in [0.3, 0.4) is 0 Å². The lowest BCUT2D eigenvalue weighted by atomic mass is 9.95. The number of nitrogens with zero attached hydrogens (tertiary/aromatic N) is 2. The summed E-state index contributed by atoms with van der Waals surface area (Å²) in [5, 5.41) is 15.8. The molecule has 2 amide bonds. The molecule has 0 fully saturated rings. The molecule has 0 aromatic carbocycles. The normalized spacial score (nSPS) is 13.9. The average Bonchev–Trinajstić information content (AvgIpc) is 2.94. The molecule has 6 heteroatoms. The molecule has 3 N–H and O–H groups in total. The molecule has 6 nitrogen and oxygen atoms in total. The fourth-order valence-electron chi connectivity index (χ4n) is 2.43. The molecule has 2 heterocycles. The number of nitrogens with one attached hydrogen (secondary N) is 2. The van der Waals surface area contributed by atoms with Crippen molar-refractivity contribution in [1.82, 2.24) is 20.0 Å². The van der Waals surface area contributed by atoms with Crippen LogP contribution >= 0.6 is 0 Å². The predicted octanol–water partition coefficient (Wildman–Crippen LogP) is 2.36. The fourth-order valence-corrected chi connectivity index (χ4v) is 2.43. The van der Waals surface area contributed by atoms with E-state index in [-0.39, 0.29) is 12.6 Å². The lowest BCUT2D eigenvalue weighted by molar-refractivity contribution is 0.0477. The van der Waals surface area contributed by atoms with E-state index < -0.39 is 5.60 Å². The van der Waals surface area contributed by atoms with Gasteiger partial charge in [-0.1, -0.05) is 19.9 Å². The molecule has 0 bridgehead atoms. The Labute approximate surface area is 143 Å². The third-order valence-electron chi connectivity index (χ3n) is 3.97. The van der Waals surface area contributed by atoms with Gasteiger partial charge in [0.2, 0.25) is 0 Å². The van der Waals surface area contributed by atoms with Gasteiger partial charge < -0.3 is 20.1 Å². The van der Waals surface area contributed by atoms with Crippen LogP contribution in [0.25, 0.3) is 5.65 Å². The van der Waals surface area contributed by atoms with Crippen LogP contribution in [0.5, 0.6) is 0 Å². The Morgan fingerprint density at radius 3 is 2.88 bits per heavy atom. The highest BCUT2D eigenvalue weighted by molar-refractivity contribution is 5.73. The van der Waals surface area contributed by atoms with E-state index in [0.717, 1.165) is 17.8 Å². The minimum absolute atomic E-state index is 0.250. The van der Waals surface area contributed by atoms with Crippen LogP contribution in [0.15, 0.2) is 30.6 Å². The molecule has 0 aliphatic carbocycles. The van der Waals surface area contributed by atoms with E-state index in [1.54, 1.807) is 6.92 Å². The van der Waals surface area contributed by atoms with Crippen LogP contribution in [-0.4, -0.2) is 39.2 Å². The van der Waals surface area contributed by atoms with Crippen molar-refractivity contribution in [1.29, 1.82) is 0 Å². The number of aromatic nitrogens is 2. The summed E-state index contributed by atoms with van der Waals surface area (Å²) in [6, 6.07) is 5.59. The van der Waals surface area contributed by atoms with Gasteiger partial charge in [-0.2, -0.15) is 0 Å². The van der Waals surface area contributed by atoms with Crippen molar-refractivity contribution in [3.8, 4) is 0 Å². The monoisotopic (exact) mass is 332 g/mol. The van der Waals surface area contributed by atoms with E-state index in [4.69, 9.17) is 0 Å². The van der Waals surface area contributed by atoms with Crippen LogP contribution in [0.2, 0.25) is 0 Å². The van der Waals surface area contributed by atoms with Crippen molar-refractivity contribution < 1.29 is 9.90 Å². The van der Waals surface area contributed by atoms with E-state index in [2.05, 4.69) is 29.5 Å². The summed E-state index contributed by atoms with van der Waals surface area (Å²) in [5.74, 6) is 0.538. The summed E-state index contributed by atoms with van der Waals surface area (Å²) in [7, 11) is 0. The second kappa shape index (κ2) is 8.15. The fraction of sp³-hybridized carbons (Fsp3) is 0.556. The average molecular weight is 332 g/mol. The van der Waals surface area contributed by atoms with Gasteiger partial charge in [-0.05, 0) is 37.8 Å². The van der Waals surface area contributed by atoms with Gasteiger partial charge in [-0.3, -0.25) is 0 Å². The number of fused-ring (bicyclic) bond motifs is 1. The number of carbonyl (C=O) groups is 1. The Morgan fingerprint density at radius 1 is 1.38 bits per heavy atom. The number of pyridine rings is 1. The first-order chi connectivity index (χ1) is 11.4. The van der Waals surface area contributed by atoms with Gasteiger partial charge in [0.05, 0.1) is 11.3 Å². The quantitative estimate of drug-likeness (QED) is 0.694. The van der Waals surface area contributed by atoms with Crippen LogP contribution in [0, 0.1) is 5.92 Å². The number of rotatable bonds is 8. The van der Waals surface area contributed by atoms with Crippen LogP contribution in [-0.2, 0) is 6.42 Å². The van der Waals surface area contributed by atoms with Gasteiger partial charge in [-0.25, -0.2) is 9.78 Å². The van der Waals surface area contributed by atoms with Gasteiger partial charge in [0.15, 0.2) is 0 Å². The molecule has 132 valence electrons. The van der Waals surface area contributed by atoms with Gasteiger partial charge >= 0.3 is 6.03 Å². The van der Waals surface area contributed by atoms with Crippen molar-refractivity contribution in [3.05, 3.63) is 36.3 Å². The highest BCUT2D eigenvalue weighted by Gasteiger charge is 2.21. The summed E-state index contributed by atoms with van der Waals surface area (Å²) in [6.45, 7) is 6.75. The zero-order valence-electron chi connectivity index (χ0n) is 14.7. The number of aliphatic hydroxyl groups is 1. The molecule has 0 saturated heterocycles. The zero-order chi connectivity index (χ0) is 17.6. The summed E-state index contributed by atoms with van der Waals surface area (Å²) >= 11 is 0. The van der Waals surface area contributed by atoms with Gasteiger partial charge in [-0.15, -0.1) is 0 Å². The van der Waals surface area contributed by atoms with Crippen molar-refractivity contribution in [2.24, 2.45) is 5.92 Å². The summed E-state index contributed by atoms with van der Waals surface area (Å²) in [6.07, 6.45) is 6.19. The molecule has 1 unspecified atom stereocenters. The lowest BCUT2D eigenvalue weighted by Crippen LogP contribution is -2.45. The van der Waals surface area contributed by atoms with Crippen LogP contribution in [0.1, 0.15) is 39.3 Å². The zero-order valence-corrected chi connectivity index (χ0v) is 14.7. The molecule has 0 saturated carbocycles. The van der Waals surface area contributed by atoms with Crippen LogP contribution in [0.4, 0.5) is 4.79 Å². The Balaban J connectivity index is 1.69. The van der Waals surface area contributed by atoms with Crippen molar-refractivity contribution in [2.75, 3.05) is 13.1 Å². The molecule has 0 aliphatic heterocycles. The van der Waals surface area contributed by atoms with E-state index in [1.165, 1.54) is 0 Å². The van der Waals surface area contributed by atoms with E-state index in [1.807, 2.05) is 35.0 Å². The maximum Gasteiger partial charge on any atom is 0.314 e. The SMILES string of the molecule is CC(C)CCC(C)(O)CNC(=O)NCCc1cn2ccccc2n1. The molecule has 2 aromatic heterocycles. The number of hydrogen-bond donors (Lipinski definition) is 3. The molecule has 0 aliphatic rings. The molecule has 0 spiro atoms. The van der Waals surface area contributed by atoms with Gasteiger partial charge in [0.25, 0.3) is 0 Å². The minimum Gasteiger partial charge on any atom is -0.388 e. The highest BCUT2D eigenvalue weighted by Crippen LogP contribution is 2.15. The highest BCUT2D eigenvalue weighted by atomic mass is 16.3. The largest absolute Gasteiger partial charge is 0.388 e. The maximum absolute atomic E-state index is 11.8. The Kier molecular flexibility index (Phi) is 6.20. The van der Waals surface area contributed by atoms with Gasteiger partial charge in [0, 0.05) is 31.9 Å². The topological polar surface area (TPSA) is 78.7 Å². The molecular weight excluding hydrogens is 304 g/mol. The van der Waals surface area contributed by atoms with Gasteiger partial charge in [0.1, 0.15) is 5.65 Å². The third-order valence-corrected chi connectivity index (χ3v) is 3.97. The molecule has 2 rings (SSSR count). The van der Waals surface area contributed by atoms with E-state index >= 15 is 0 Å².